The zero-order chi connectivity index (χ0) is 33.2. The Morgan fingerprint density at radius 2 is 1.80 bits per heavy atom. The second-order valence-corrected chi connectivity index (χ2v) is 13.3. The number of ether oxygens (including phenoxy) is 3. The van der Waals surface area contributed by atoms with Crippen molar-refractivity contribution in [3.05, 3.63) is 76.4 Å². The number of piperidine rings is 1. The minimum Gasteiger partial charge on any atom is -0.484 e. The molecule has 1 N–H and O–H groups in total. The Bertz CT molecular complexity index is 1700. The van der Waals surface area contributed by atoms with Gasteiger partial charge in [-0.05, 0) is 64.3 Å². The molecule has 0 saturated carbocycles. The van der Waals surface area contributed by atoms with Crippen molar-refractivity contribution >= 4 is 34.4 Å². The van der Waals surface area contributed by atoms with Crippen molar-refractivity contribution in [2.24, 2.45) is 0 Å². The Labute approximate surface area is 269 Å². The molecule has 1 aliphatic rings. The molecule has 46 heavy (non-hydrogen) atoms. The molecule has 0 unspecified atom stereocenters. The highest BCUT2D eigenvalue weighted by Crippen LogP contribution is 2.40. The van der Waals surface area contributed by atoms with Crippen LogP contribution < -0.4 is 10.1 Å². The van der Waals surface area contributed by atoms with E-state index in [0.29, 0.717) is 11.5 Å². The molecule has 246 valence electrons. The van der Waals surface area contributed by atoms with E-state index < -0.39 is 35.5 Å². The van der Waals surface area contributed by atoms with Crippen molar-refractivity contribution in [3.63, 3.8) is 0 Å². The molecule has 1 saturated heterocycles. The zero-order valence-electron chi connectivity index (χ0n) is 26.3. The molecule has 5 rings (SSSR count). The molecular weight excluding hydrogens is 621 g/mol. The normalized spacial score (nSPS) is 15.5. The van der Waals surface area contributed by atoms with Crippen LogP contribution in [0.5, 0.6) is 5.75 Å². The van der Waals surface area contributed by atoms with Crippen molar-refractivity contribution in [2.45, 2.75) is 71.0 Å². The number of nitrogens with zero attached hydrogens (tertiary/aromatic N) is 3. The van der Waals surface area contributed by atoms with E-state index in [-0.39, 0.29) is 22.2 Å². The second kappa shape index (κ2) is 13.3. The van der Waals surface area contributed by atoms with E-state index in [1.807, 2.05) is 43.5 Å². The lowest BCUT2D eigenvalue weighted by molar-refractivity contribution is -0.139. The molecule has 0 aliphatic carbocycles. The number of esters is 1. The van der Waals surface area contributed by atoms with Gasteiger partial charge in [-0.3, -0.25) is 9.47 Å². The maximum Gasteiger partial charge on any atom is 0.416 e. The maximum absolute atomic E-state index is 13.7. The minimum atomic E-state index is -4.56. The number of halogens is 3. The number of hydrogen-bond acceptors (Lipinski definition) is 8. The van der Waals surface area contributed by atoms with Gasteiger partial charge in [0.05, 0.1) is 23.7 Å². The first-order chi connectivity index (χ1) is 21.7. The van der Waals surface area contributed by atoms with E-state index in [1.165, 1.54) is 32.2 Å². The fourth-order valence-corrected chi connectivity index (χ4v) is 6.46. The monoisotopic (exact) mass is 658 g/mol. The molecule has 9 nitrogen and oxygen atoms in total. The van der Waals surface area contributed by atoms with Gasteiger partial charge in [-0.25, -0.2) is 14.6 Å². The lowest BCUT2D eigenvalue weighted by atomic mass is 10.0. The number of alkyl halides is 3. The quantitative estimate of drug-likeness (QED) is 0.196. The van der Waals surface area contributed by atoms with Crippen LogP contribution >= 0.6 is 11.3 Å². The summed E-state index contributed by atoms with van der Waals surface area (Å²) in [6.07, 6.45) is -2.71. The first kappa shape index (κ1) is 33.3. The molecule has 1 atom stereocenters. The molecule has 3 heterocycles. The SMILES string of the molecule is COC(=O)c1sc(-n2cnc3ccc(CN4CCC(NC(=O)OC(C)(C)C)CC4)cc32)cc1O[C@H](C)c1ccccc1C(F)(F)F. The fraction of sp³-hybridized carbons (Fsp3) is 0.424. The lowest BCUT2D eigenvalue weighted by Gasteiger charge is -2.32. The number of hydrogen-bond donors (Lipinski definition) is 1. The minimum absolute atomic E-state index is 0.0408. The first-order valence-corrected chi connectivity index (χ1v) is 15.8. The number of methoxy groups -OCH3 is 1. The summed E-state index contributed by atoms with van der Waals surface area (Å²) in [5.74, 6) is -0.533. The Balaban J connectivity index is 1.33. The van der Waals surface area contributed by atoms with Gasteiger partial charge in [-0.15, -0.1) is 11.3 Å². The summed E-state index contributed by atoms with van der Waals surface area (Å²) in [6, 6.07) is 12.9. The predicted octanol–water partition coefficient (Wildman–Crippen LogP) is 7.52. The predicted molar refractivity (Wildman–Crippen MR) is 168 cm³/mol. The summed E-state index contributed by atoms with van der Waals surface area (Å²) in [7, 11) is 1.24. The van der Waals surface area contributed by atoms with Crippen LogP contribution in [0.2, 0.25) is 0 Å². The number of thiophene rings is 1. The van der Waals surface area contributed by atoms with Crippen LogP contribution in [-0.2, 0) is 22.2 Å². The Hall–Kier alpha value is -4.10. The van der Waals surface area contributed by atoms with Gasteiger partial charge < -0.3 is 19.5 Å². The summed E-state index contributed by atoms with van der Waals surface area (Å²) < 4.78 is 59.2. The number of rotatable bonds is 8. The van der Waals surface area contributed by atoms with Gasteiger partial charge in [0.15, 0.2) is 4.88 Å². The molecule has 4 aromatic rings. The van der Waals surface area contributed by atoms with Gasteiger partial charge in [0, 0.05) is 37.3 Å². The van der Waals surface area contributed by atoms with E-state index in [1.54, 1.807) is 12.4 Å². The third kappa shape index (κ3) is 7.81. The van der Waals surface area contributed by atoms with Crippen molar-refractivity contribution in [2.75, 3.05) is 20.2 Å². The number of nitrogens with one attached hydrogen (secondary N) is 1. The average Bonchev–Trinajstić information content (AvgIpc) is 3.60. The van der Waals surface area contributed by atoms with E-state index in [0.717, 1.165) is 59.9 Å². The molecule has 0 radical (unpaired) electrons. The number of carbonyl (C=O) groups is 2. The third-order valence-corrected chi connectivity index (χ3v) is 8.72. The molecule has 2 aromatic carbocycles. The molecule has 13 heteroatoms. The van der Waals surface area contributed by atoms with Crippen LogP contribution in [0.1, 0.15) is 73.0 Å². The van der Waals surface area contributed by atoms with Crippen LogP contribution in [0.4, 0.5) is 18.0 Å². The number of amides is 1. The summed E-state index contributed by atoms with van der Waals surface area (Å²) in [4.78, 5) is 31.8. The largest absolute Gasteiger partial charge is 0.484 e. The fourth-order valence-electron chi connectivity index (χ4n) is 5.46. The van der Waals surface area contributed by atoms with Gasteiger partial charge in [-0.2, -0.15) is 13.2 Å². The van der Waals surface area contributed by atoms with E-state index >= 15 is 0 Å². The summed E-state index contributed by atoms with van der Waals surface area (Å²) in [5, 5.41) is 3.56. The van der Waals surface area contributed by atoms with Crippen LogP contribution in [-0.4, -0.2) is 58.4 Å². The van der Waals surface area contributed by atoms with Gasteiger partial charge >= 0.3 is 18.2 Å². The average molecular weight is 659 g/mol. The van der Waals surface area contributed by atoms with Crippen molar-refractivity contribution in [1.82, 2.24) is 19.8 Å². The van der Waals surface area contributed by atoms with Crippen LogP contribution in [0.15, 0.2) is 54.9 Å². The highest BCUT2D eigenvalue weighted by atomic mass is 32.1. The van der Waals surface area contributed by atoms with E-state index in [4.69, 9.17) is 14.2 Å². The van der Waals surface area contributed by atoms with E-state index in [9.17, 15) is 22.8 Å². The van der Waals surface area contributed by atoms with E-state index in [2.05, 4.69) is 15.2 Å². The Morgan fingerprint density at radius 3 is 2.48 bits per heavy atom. The molecule has 0 bridgehead atoms. The van der Waals surface area contributed by atoms with Gasteiger partial charge in [0.25, 0.3) is 0 Å². The number of fused-ring (bicyclic) bond motifs is 1. The van der Waals surface area contributed by atoms with Gasteiger partial charge in [-0.1, -0.05) is 24.3 Å². The number of likely N-dealkylation sites (tertiary alicyclic amines) is 1. The molecule has 2 aromatic heterocycles. The number of imidazole rings is 1. The molecule has 1 aliphatic heterocycles. The Morgan fingerprint density at radius 1 is 1.09 bits per heavy atom. The van der Waals surface area contributed by atoms with Crippen LogP contribution in [0.25, 0.3) is 16.0 Å². The highest BCUT2D eigenvalue weighted by Gasteiger charge is 2.35. The lowest BCUT2D eigenvalue weighted by Crippen LogP contribution is -2.45. The zero-order valence-corrected chi connectivity index (χ0v) is 27.1. The van der Waals surface area contributed by atoms with Crippen LogP contribution in [0, 0.1) is 0 Å². The number of benzene rings is 2. The molecule has 0 spiro atoms. The second-order valence-electron chi connectivity index (χ2n) is 12.2. The van der Waals surface area contributed by atoms with Crippen molar-refractivity contribution < 1.29 is 37.0 Å². The molecular formula is C33H37F3N4O5S. The van der Waals surface area contributed by atoms with Crippen molar-refractivity contribution in [1.29, 1.82) is 0 Å². The standard InChI is InChI=1S/C33H37F3N4O5S/c1-20(23-8-6-7-9-24(23)33(34,35)36)44-27-17-28(46-29(27)30(41)43-5)40-19-37-25-11-10-21(16-26(25)40)18-39-14-12-22(13-15-39)38-31(42)45-32(2,3)4/h6-11,16-17,19-20,22H,12-15,18H2,1-5H3,(H,38,42)/t20-/m1/s1. The van der Waals surface area contributed by atoms with Gasteiger partial charge in [0.2, 0.25) is 0 Å². The number of carbonyl (C=O) groups excluding carboxylic acids is 2. The number of aromatic nitrogens is 2. The maximum atomic E-state index is 13.7. The van der Waals surface area contributed by atoms with Gasteiger partial charge in [0.1, 0.15) is 28.8 Å². The molecule has 1 fully saturated rings. The third-order valence-electron chi connectivity index (χ3n) is 7.63. The smallest absolute Gasteiger partial charge is 0.416 e. The molecule has 1 amide bonds. The van der Waals surface area contributed by atoms with Crippen molar-refractivity contribution in [3.8, 4) is 10.8 Å². The summed E-state index contributed by atoms with van der Waals surface area (Å²) >= 11 is 1.11. The van der Waals surface area contributed by atoms with Crippen LogP contribution in [0.3, 0.4) is 0 Å². The Kier molecular flexibility index (Phi) is 9.64. The summed E-state index contributed by atoms with van der Waals surface area (Å²) in [6.45, 7) is 9.33. The number of alkyl carbamates (subject to hydrolysis) is 1. The summed E-state index contributed by atoms with van der Waals surface area (Å²) in [5.41, 5.74) is 1.22. The first-order valence-electron chi connectivity index (χ1n) is 14.9. The highest BCUT2D eigenvalue weighted by molar-refractivity contribution is 7.16. The topological polar surface area (TPSA) is 94.9 Å².